The van der Waals surface area contributed by atoms with Gasteiger partial charge in [0.25, 0.3) is 0 Å². The van der Waals surface area contributed by atoms with E-state index in [9.17, 15) is 0 Å². The molecule has 0 saturated carbocycles. The summed E-state index contributed by atoms with van der Waals surface area (Å²) in [6.45, 7) is 4.78. The van der Waals surface area contributed by atoms with E-state index >= 15 is 0 Å². The molecule has 0 fully saturated rings. The van der Waals surface area contributed by atoms with Crippen LogP contribution in [-0.2, 0) is 0 Å². The van der Waals surface area contributed by atoms with E-state index in [0.717, 1.165) is 29.7 Å². The molecule has 5 nitrogen and oxygen atoms in total. The maximum absolute atomic E-state index is 4.40. The fourth-order valence-electron chi connectivity index (χ4n) is 1.89. The molecule has 2 rings (SSSR count). The Labute approximate surface area is 120 Å². The second-order valence-corrected chi connectivity index (χ2v) is 4.78. The molecule has 0 unspecified atom stereocenters. The minimum absolute atomic E-state index is 0.746. The maximum Gasteiger partial charge on any atom is 0.136 e. The first-order valence-electron chi connectivity index (χ1n) is 6.72. The Kier molecular flexibility index (Phi) is 4.40. The second-order valence-electron chi connectivity index (χ2n) is 4.78. The van der Waals surface area contributed by atoms with Gasteiger partial charge in [-0.3, -0.25) is 0 Å². The lowest BCUT2D eigenvalue weighted by Gasteiger charge is -2.13. The fourth-order valence-corrected chi connectivity index (χ4v) is 1.89. The number of anilines is 4. The normalized spacial score (nSPS) is 10.2. The van der Waals surface area contributed by atoms with Crippen LogP contribution in [0.4, 0.5) is 23.0 Å². The molecular weight excluding hydrogens is 250 g/mol. The summed E-state index contributed by atoms with van der Waals surface area (Å²) in [6.07, 6.45) is 0. The minimum atomic E-state index is 0.746. The van der Waals surface area contributed by atoms with Crippen LogP contribution in [0.1, 0.15) is 12.7 Å². The molecule has 5 heteroatoms. The van der Waals surface area contributed by atoms with Crippen molar-refractivity contribution in [1.29, 1.82) is 0 Å². The van der Waals surface area contributed by atoms with Crippen LogP contribution >= 0.6 is 0 Å². The predicted octanol–water partition coefficient (Wildman–Crippen LogP) is 3.03. The Bertz CT molecular complexity index is 563. The van der Waals surface area contributed by atoms with Crippen LogP contribution in [0.3, 0.4) is 0 Å². The molecule has 1 aromatic carbocycles. The van der Waals surface area contributed by atoms with E-state index in [2.05, 4.69) is 37.6 Å². The SMILES string of the molecule is CCNc1cc(Nc2ccc(N(C)C)cc2)nc(C)n1. The molecule has 0 amide bonds. The van der Waals surface area contributed by atoms with E-state index in [1.54, 1.807) is 0 Å². The molecular formula is C15H21N5. The van der Waals surface area contributed by atoms with Gasteiger partial charge >= 0.3 is 0 Å². The van der Waals surface area contributed by atoms with E-state index in [4.69, 9.17) is 0 Å². The van der Waals surface area contributed by atoms with Crippen molar-refractivity contribution in [1.82, 2.24) is 9.97 Å². The Hall–Kier alpha value is -2.30. The van der Waals surface area contributed by atoms with Crippen molar-refractivity contribution in [3.8, 4) is 0 Å². The summed E-state index contributed by atoms with van der Waals surface area (Å²) in [5, 5.41) is 6.50. The molecule has 0 aliphatic carbocycles. The van der Waals surface area contributed by atoms with Crippen molar-refractivity contribution in [3.05, 3.63) is 36.2 Å². The smallest absolute Gasteiger partial charge is 0.136 e. The predicted molar refractivity (Wildman–Crippen MR) is 85.0 cm³/mol. The van der Waals surface area contributed by atoms with Crippen LogP contribution in [0.5, 0.6) is 0 Å². The van der Waals surface area contributed by atoms with Crippen LogP contribution < -0.4 is 15.5 Å². The lowest BCUT2D eigenvalue weighted by Crippen LogP contribution is -2.08. The molecule has 20 heavy (non-hydrogen) atoms. The molecule has 1 heterocycles. The lowest BCUT2D eigenvalue weighted by atomic mass is 10.2. The molecule has 0 saturated heterocycles. The molecule has 0 aliphatic rings. The summed E-state index contributed by atoms with van der Waals surface area (Å²) >= 11 is 0. The van der Waals surface area contributed by atoms with Gasteiger partial charge in [-0.05, 0) is 38.1 Å². The van der Waals surface area contributed by atoms with Crippen LogP contribution in [0.2, 0.25) is 0 Å². The van der Waals surface area contributed by atoms with Crippen molar-refractivity contribution >= 4 is 23.0 Å². The fraction of sp³-hybridized carbons (Fsp3) is 0.333. The number of hydrogen-bond donors (Lipinski definition) is 2. The molecule has 2 aromatic rings. The van der Waals surface area contributed by atoms with Crippen LogP contribution in [0.15, 0.2) is 30.3 Å². The molecule has 0 atom stereocenters. The second kappa shape index (κ2) is 6.23. The van der Waals surface area contributed by atoms with Gasteiger partial charge in [0.05, 0.1) is 0 Å². The molecule has 0 radical (unpaired) electrons. The first kappa shape index (κ1) is 14.1. The average molecular weight is 271 g/mol. The number of benzene rings is 1. The molecule has 106 valence electrons. The van der Waals surface area contributed by atoms with E-state index < -0.39 is 0 Å². The summed E-state index contributed by atoms with van der Waals surface area (Å²) < 4.78 is 0. The first-order valence-corrected chi connectivity index (χ1v) is 6.72. The minimum Gasteiger partial charge on any atom is -0.378 e. The van der Waals surface area contributed by atoms with Gasteiger partial charge in [-0.15, -0.1) is 0 Å². The van der Waals surface area contributed by atoms with Crippen LogP contribution in [-0.4, -0.2) is 30.6 Å². The zero-order valence-electron chi connectivity index (χ0n) is 12.4. The van der Waals surface area contributed by atoms with E-state index in [0.29, 0.717) is 0 Å². The lowest BCUT2D eigenvalue weighted by molar-refractivity contribution is 1.04. The highest BCUT2D eigenvalue weighted by atomic mass is 15.1. The van der Waals surface area contributed by atoms with Crippen molar-refractivity contribution in [2.75, 3.05) is 36.2 Å². The first-order chi connectivity index (χ1) is 9.58. The van der Waals surface area contributed by atoms with Crippen molar-refractivity contribution in [2.24, 2.45) is 0 Å². The number of aryl methyl sites for hydroxylation is 1. The summed E-state index contributed by atoms with van der Waals surface area (Å²) in [5.74, 6) is 2.38. The Morgan fingerprint density at radius 3 is 2.30 bits per heavy atom. The average Bonchev–Trinajstić information content (AvgIpc) is 2.39. The highest BCUT2D eigenvalue weighted by Crippen LogP contribution is 2.20. The van der Waals surface area contributed by atoms with Crippen LogP contribution in [0.25, 0.3) is 0 Å². The van der Waals surface area contributed by atoms with E-state index in [1.807, 2.05) is 46.1 Å². The Morgan fingerprint density at radius 2 is 1.70 bits per heavy atom. The van der Waals surface area contributed by atoms with Gasteiger partial charge < -0.3 is 15.5 Å². The van der Waals surface area contributed by atoms with Crippen LogP contribution in [0, 0.1) is 6.92 Å². The van der Waals surface area contributed by atoms with Gasteiger partial charge in [0, 0.05) is 38.1 Å². The molecule has 2 N–H and O–H groups in total. The highest BCUT2D eigenvalue weighted by molar-refractivity contribution is 5.62. The number of rotatable bonds is 5. The molecule has 0 aliphatic heterocycles. The van der Waals surface area contributed by atoms with Gasteiger partial charge in [-0.1, -0.05) is 0 Å². The summed E-state index contributed by atoms with van der Waals surface area (Å²) in [7, 11) is 4.05. The van der Waals surface area contributed by atoms with Gasteiger partial charge in [-0.2, -0.15) is 0 Å². The third-order valence-electron chi connectivity index (χ3n) is 2.85. The Morgan fingerprint density at radius 1 is 1.05 bits per heavy atom. The van der Waals surface area contributed by atoms with Gasteiger partial charge in [0.15, 0.2) is 0 Å². The zero-order chi connectivity index (χ0) is 14.5. The summed E-state index contributed by atoms with van der Waals surface area (Å²) in [5.41, 5.74) is 2.18. The number of aromatic nitrogens is 2. The molecule has 0 bridgehead atoms. The quantitative estimate of drug-likeness (QED) is 0.875. The Balaban J connectivity index is 2.16. The number of nitrogens with zero attached hydrogens (tertiary/aromatic N) is 3. The van der Waals surface area contributed by atoms with Crippen molar-refractivity contribution in [2.45, 2.75) is 13.8 Å². The van der Waals surface area contributed by atoms with E-state index in [1.165, 1.54) is 5.69 Å². The summed E-state index contributed by atoms with van der Waals surface area (Å²) in [4.78, 5) is 10.8. The third-order valence-corrected chi connectivity index (χ3v) is 2.85. The highest BCUT2D eigenvalue weighted by Gasteiger charge is 2.02. The zero-order valence-corrected chi connectivity index (χ0v) is 12.4. The molecule has 1 aromatic heterocycles. The largest absolute Gasteiger partial charge is 0.378 e. The standard InChI is InChI=1S/C15H21N5/c1-5-16-14-10-15(18-11(2)17-14)19-12-6-8-13(9-7-12)20(3)4/h6-10H,5H2,1-4H3,(H2,16,17,18,19). The topological polar surface area (TPSA) is 53.1 Å². The van der Waals surface area contributed by atoms with Gasteiger partial charge in [-0.25, -0.2) is 9.97 Å². The number of nitrogens with one attached hydrogen (secondary N) is 2. The maximum atomic E-state index is 4.40. The van der Waals surface area contributed by atoms with Crippen molar-refractivity contribution < 1.29 is 0 Å². The van der Waals surface area contributed by atoms with E-state index in [-0.39, 0.29) is 0 Å². The number of hydrogen-bond acceptors (Lipinski definition) is 5. The van der Waals surface area contributed by atoms with Gasteiger partial charge in [0.2, 0.25) is 0 Å². The van der Waals surface area contributed by atoms with Crippen molar-refractivity contribution in [3.63, 3.8) is 0 Å². The monoisotopic (exact) mass is 271 g/mol. The van der Waals surface area contributed by atoms with Gasteiger partial charge in [0.1, 0.15) is 17.5 Å². The molecule has 0 spiro atoms. The summed E-state index contributed by atoms with van der Waals surface area (Å²) in [6, 6.07) is 10.1. The third kappa shape index (κ3) is 3.60.